The zero-order valence-electron chi connectivity index (χ0n) is 11.1. The van der Waals surface area contributed by atoms with Crippen molar-refractivity contribution in [3.63, 3.8) is 0 Å². The second-order valence-corrected chi connectivity index (χ2v) is 4.53. The minimum Gasteiger partial charge on any atom is -0.377 e. The van der Waals surface area contributed by atoms with Crippen molar-refractivity contribution in [2.45, 2.75) is 13.0 Å². The Bertz CT molecular complexity index is 522. The molecule has 0 aromatic heterocycles. The first kappa shape index (κ1) is 13.4. The summed E-state index contributed by atoms with van der Waals surface area (Å²) < 4.78 is 5.37. The molecule has 0 spiro atoms. The third-order valence-corrected chi connectivity index (χ3v) is 3.26. The molecular formula is C14H17N3O2. The number of nitrogens with zero attached hydrogens (tertiary/aromatic N) is 2. The maximum atomic E-state index is 11.9. The lowest BCUT2D eigenvalue weighted by Crippen LogP contribution is -2.53. The molecule has 1 heterocycles. The van der Waals surface area contributed by atoms with Crippen LogP contribution in [-0.4, -0.2) is 38.8 Å². The fraction of sp³-hybridized carbons (Fsp3) is 0.429. The van der Waals surface area contributed by atoms with Crippen LogP contribution in [0.1, 0.15) is 11.1 Å². The van der Waals surface area contributed by atoms with Crippen molar-refractivity contribution in [2.24, 2.45) is 0 Å². The van der Waals surface area contributed by atoms with Gasteiger partial charge in [-0.1, -0.05) is 6.07 Å². The molecule has 1 aliphatic heterocycles. The normalized spacial score (nSPS) is 18.8. The standard InChI is InChI=1S/C14H17N3O2/c1-10-3-4-12(11(7-10)8-15)17-5-6-19-9-13(17)14(18)16-2/h3-4,7,13H,5-6,9H2,1-2H3,(H,16,18). The molecule has 1 atom stereocenters. The van der Waals surface area contributed by atoms with Gasteiger partial charge in [-0.05, 0) is 24.6 Å². The highest BCUT2D eigenvalue weighted by atomic mass is 16.5. The summed E-state index contributed by atoms with van der Waals surface area (Å²) in [5.74, 6) is -0.0934. The molecule has 1 amide bonds. The summed E-state index contributed by atoms with van der Waals surface area (Å²) in [6.45, 7) is 3.46. The molecule has 1 fully saturated rings. The number of anilines is 1. The Morgan fingerprint density at radius 1 is 1.58 bits per heavy atom. The van der Waals surface area contributed by atoms with Crippen LogP contribution in [0.25, 0.3) is 0 Å². The Morgan fingerprint density at radius 2 is 2.37 bits per heavy atom. The second kappa shape index (κ2) is 5.72. The molecule has 1 unspecified atom stereocenters. The summed E-state index contributed by atoms with van der Waals surface area (Å²) in [5, 5.41) is 11.9. The summed E-state index contributed by atoms with van der Waals surface area (Å²) in [5.41, 5.74) is 2.42. The molecule has 1 aliphatic rings. The molecular weight excluding hydrogens is 242 g/mol. The molecule has 2 rings (SSSR count). The van der Waals surface area contributed by atoms with E-state index in [1.165, 1.54) is 0 Å². The summed E-state index contributed by atoms with van der Waals surface area (Å²) in [7, 11) is 1.61. The summed E-state index contributed by atoms with van der Waals surface area (Å²) in [4.78, 5) is 13.8. The Kier molecular flexibility index (Phi) is 4.03. The van der Waals surface area contributed by atoms with Crippen molar-refractivity contribution in [1.29, 1.82) is 5.26 Å². The van der Waals surface area contributed by atoms with E-state index in [1.54, 1.807) is 7.05 Å². The number of nitriles is 1. The second-order valence-electron chi connectivity index (χ2n) is 4.53. The van der Waals surface area contributed by atoms with Crippen LogP contribution < -0.4 is 10.2 Å². The molecule has 0 aliphatic carbocycles. The summed E-state index contributed by atoms with van der Waals surface area (Å²) >= 11 is 0. The van der Waals surface area contributed by atoms with Gasteiger partial charge < -0.3 is 15.0 Å². The SMILES string of the molecule is CNC(=O)C1COCCN1c1ccc(C)cc1C#N. The van der Waals surface area contributed by atoms with Crippen molar-refractivity contribution in [1.82, 2.24) is 5.32 Å². The van der Waals surface area contributed by atoms with E-state index >= 15 is 0 Å². The molecule has 1 aromatic rings. The molecule has 0 saturated carbocycles. The van der Waals surface area contributed by atoms with E-state index in [2.05, 4.69) is 11.4 Å². The number of morpholine rings is 1. The number of ether oxygens (including phenoxy) is 1. The summed E-state index contributed by atoms with van der Waals surface area (Å²) in [6.07, 6.45) is 0. The van der Waals surface area contributed by atoms with Crippen LogP contribution in [0.5, 0.6) is 0 Å². The quantitative estimate of drug-likeness (QED) is 0.854. The van der Waals surface area contributed by atoms with Crippen molar-refractivity contribution >= 4 is 11.6 Å². The average Bonchev–Trinajstić information content (AvgIpc) is 2.46. The first-order valence-electron chi connectivity index (χ1n) is 6.24. The summed E-state index contributed by atoms with van der Waals surface area (Å²) in [6, 6.07) is 7.50. The Balaban J connectivity index is 2.38. The predicted molar refractivity (Wildman–Crippen MR) is 71.9 cm³/mol. The van der Waals surface area contributed by atoms with E-state index in [4.69, 9.17) is 4.74 Å². The third kappa shape index (κ3) is 2.69. The van der Waals surface area contributed by atoms with Crippen LogP contribution in [0, 0.1) is 18.3 Å². The van der Waals surface area contributed by atoms with Crippen LogP contribution in [0.2, 0.25) is 0 Å². The first-order chi connectivity index (χ1) is 9.17. The van der Waals surface area contributed by atoms with Crippen LogP contribution in [-0.2, 0) is 9.53 Å². The number of amides is 1. The third-order valence-electron chi connectivity index (χ3n) is 3.26. The van der Waals surface area contributed by atoms with E-state index < -0.39 is 0 Å². The highest BCUT2D eigenvalue weighted by Crippen LogP contribution is 2.25. The van der Waals surface area contributed by atoms with Gasteiger partial charge in [-0.2, -0.15) is 5.26 Å². The molecule has 19 heavy (non-hydrogen) atoms. The Morgan fingerprint density at radius 3 is 3.05 bits per heavy atom. The van der Waals surface area contributed by atoms with Gasteiger partial charge in [0.1, 0.15) is 12.1 Å². The van der Waals surface area contributed by atoms with E-state index in [-0.39, 0.29) is 11.9 Å². The first-order valence-corrected chi connectivity index (χ1v) is 6.24. The number of carbonyl (C=O) groups excluding carboxylic acids is 1. The average molecular weight is 259 g/mol. The Labute approximate surface area is 112 Å². The molecule has 1 aromatic carbocycles. The molecule has 0 radical (unpaired) electrons. The van der Waals surface area contributed by atoms with E-state index in [0.29, 0.717) is 25.3 Å². The van der Waals surface area contributed by atoms with Crippen molar-refractivity contribution < 1.29 is 9.53 Å². The van der Waals surface area contributed by atoms with Gasteiger partial charge in [-0.25, -0.2) is 0 Å². The Hall–Kier alpha value is -2.06. The molecule has 0 bridgehead atoms. The van der Waals surface area contributed by atoms with Gasteiger partial charge in [-0.15, -0.1) is 0 Å². The van der Waals surface area contributed by atoms with Gasteiger partial charge in [-0.3, -0.25) is 4.79 Å². The number of rotatable bonds is 2. The lowest BCUT2D eigenvalue weighted by molar-refractivity contribution is -0.124. The predicted octanol–water partition coefficient (Wildman–Crippen LogP) is 0.818. The van der Waals surface area contributed by atoms with Crippen molar-refractivity contribution in [2.75, 3.05) is 31.7 Å². The fourth-order valence-corrected chi connectivity index (χ4v) is 2.27. The van der Waals surface area contributed by atoms with Gasteiger partial charge in [0.2, 0.25) is 5.91 Å². The van der Waals surface area contributed by atoms with Crippen LogP contribution in [0.15, 0.2) is 18.2 Å². The molecule has 1 saturated heterocycles. The number of carbonyl (C=O) groups is 1. The van der Waals surface area contributed by atoms with E-state index in [0.717, 1.165) is 11.3 Å². The van der Waals surface area contributed by atoms with Gasteiger partial charge in [0, 0.05) is 13.6 Å². The van der Waals surface area contributed by atoms with Crippen LogP contribution in [0.3, 0.4) is 0 Å². The number of benzene rings is 1. The monoisotopic (exact) mass is 259 g/mol. The zero-order chi connectivity index (χ0) is 13.8. The maximum Gasteiger partial charge on any atom is 0.244 e. The number of hydrogen-bond acceptors (Lipinski definition) is 4. The lowest BCUT2D eigenvalue weighted by atomic mass is 10.1. The number of hydrogen-bond donors (Lipinski definition) is 1. The van der Waals surface area contributed by atoms with Crippen molar-refractivity contribution in [3.8, 4) is 6.07 Å². The number of likely N-dealkylation sites (N-methyl/N-ethyl adjacent to an activating group) is 1. The number of nitrogens with one attached hydrogen (secondary N) is 1. The largest absolute Gasteiger partial charge is 0.377 e. The highest BCUT2D eigenvalue weighted by Gasteiger charge is 2.30. The van der Waals surface area contributed by atoms with Gasteiger partial charge in [0.25, 0.3) is 0 Å². The smallest absolute Gasteiger partial charge is 0.244 e. The zero-order valence-corrected chi connectivity index (χ0v) is 11.1. The minimum atomic E-state index is -0.381. The molecule has 5 heteroatoms. The molecule has 5 nitrogen and oxygen atoms in total. The molecule has 1 N–H and O–H groups in total. The fourth-order valence-electron chi connectivity index (χ4n) is 2.27. The highest BCUT2D eigenvalue weighted by molar-refractivity contribution is 5.86. The van der Waals surface area contributed by atoms with Gasteiger partial charge >= 0.3 is 0 Å². The minimum absolute atomic E-state index is 0.0934. The van der Waals surface area contributed by atoms with Crippen LogP contribution in [0.4, 0.5) is 5.69 Å². The topological polar surface area (TPSA) is 65.4 Å². The van der Waals surface area contributed by atoms with Gasteiger partial charge in [0.15, 0.2) is 0 Å². The van der Waals surface area contributed by atoms with Crippen molar-refractivity contribution in [3.05, 3.63) is 29.3 Å². The lowest BCUT2D eigenvalue weighted by Gasteiger charge is -2.36. The van der Waals surface area contributed by atoms with E-state index in [1.807, 2.05) is 30.0 Å². The van der Waals surface area contributed by atoms with Gasteiger partial charge in [0.05, 0.1) is 24.5 Å². The maximum absolute atomic E-state index is 11.9. The molecule has 100 valence electrons. The van der Waals surface area contributed by atoms with E-state index in [9.17, 15) is 10.1 Å². The number of aryl methyl sites for hydroxylation is 1. The van der Waals surface area contributed by atoms with Crippen LogP contribution >= 0.6 is 0 Å².